The van der Waals surface area contributed by atoms with Crippen LogP contribution < -0.4 is 0 Å². The van der Waals surface area contributed by atoms with Crippen molar-refractivity contribution < 1.29 is 35.9 Å². The second-order valence-corrected chi connectivity index (χ2v) is 9.37. The van der Waals surface area contributed by atoms with Crippen LogP contribution in [0.2, 0.25) is 0 Å². The number of alkyl halides is 3. The maximum Gasteiger partial charge on any atom is 0.416 e. The Morgan fingerprint density at radius 3 is 2.53 bits per heavy atom. The summed E-state index contributed by atoms with van der Waals surface area (Å²) in [6, 6.07) is 5.84. The minimum Gasteiger partial charge on any atom is -0.466 e. The Morgan fingerprint density at radius 1 is 1.25 bits per heavy atom. The van der Waals surface area contributed by atoms with Crippen LogP contribution in [0, 0.1) is 0 Å². The molecular weight excluding hydrogens is 449 g/mol. The lowest BCUT2D eigenvalue weighted by Gasteiger charge is -2.18. The minimum absolute atomic E-state index is 0.0601. The molecule has 1 aliphatic heterocycles. The number of rotatable bonds is 9. The van der Waals surface area contributed by atoms with E-state index in [0.717, 1.165) is 10.4 Å². The van der Waals surface area contributed by atoms with E-state index in [1.54, 1.807) is 19.1 Å². The van der Waals surface area contributed by atoms with E-state index in [9.17, 15) is 26.4 Å². The van der Waals surface area contributed by atoms with Crippen LogP contribution in [0.3, 0.4) is 0 Å². The van der Waals surface area contributed by atoms with Gasteiger partial charge in [-0.25, -0.2) is 8.42 Å². The highest BCUT2D eigenvalue weighted by Gasteiger charge is 2.35. The summed E-state index contributed by atoms with van der Waals surface area (Å²) < 4.78 is 77.0. The maximum atomic E-state index is 13.5. The lowest BCUT2D eigenvalue weighted by Crippen LogP contribution is -2.30. The molecule has 1 saturated heterocycles. The molecule has 0 N–H and O–H groups in total. The predicted octanol–water partition coefficient (Wildman–Crippen LogP) is 3.28. The number of carbonyl (C=O) groups excluding carboxylic acids is 1. The number of sulfonamides is 1. The molecule has 32 heavy (non-hydrogen) atoms. The molecule has 0 amide bonds. The number of carbonyl (C=O) groups is 1. The van der Waals surface area contributed by atoms with Gasteiger partial charge < -0.3 is 9.47 Å². The van der Waals surface area contributed by atoms with E-state index in [-0.39, 0.29) is 37.2 Å². The van der Waals surface area contributed by atoms with Crippen molar-refractivity contribution in [1.82, 2.24) is 9.29 Å². The van der Waals surface area contributed by atoms with Gasteiger partial charge in [-0.05, 0) is 36.8 Å². The summed E-state index contributed by atoms with van der Waals surface area (Å²) in [6.45, 7) is 2.45. The van der Waals surface area contributed by atoms with Gasteiger partial charge in [0.2, 0.25) is 10.0 Å². The summed E-state index contributed by atoms with van der Waals surface area (Å²) >= 11 is 0. The third-order valence-corrected chi connectivity index (χ3v) is 6.65. The van der Waals surface area contributed by atoms with Crippen molar-refractivity contribution in [2.24, 2.45) is 0 Å². The molecule has 1 atom stereocenters. The SMILES string of the molecule is CCOC(=O)CCc1ccc(-c2cc(C(F)(F)F)cc(S(=O)(=O)N(C)C[C@H]3CO3)c2)cn1. The number of likely N-dealkylation sites (N-methyl/N-ethyl adjacent to an activating group) is 1. The van der Waals surface area contributed by atoms with Crippen LogP contribution >= 0.6 is 0 Å². The number of halogens is 3. The predicted molar refractivity (Wildman–Crippen MR) is 109 cm³/mol. The summed E-state index contributed by atoms with van der Waals surface area (Å²) in [5.74, 6) is -0.369. The van der Waals surface area contributed by atoms with Crippen LogP contribution in [-0.2, 0) is 36.9 Å². The van der Waals surface area contributed by atoms with Crippen molar-refractivity contribution in [1.29, 1.82) is 0 Å². The highest BCUT2D eigenvalue weighted by atomic mass is 32.2. The number of benzene rings is 1. The largest absolute Gasteiger partial charge is 0.466 e. The van der Waals surface area contributed by atoms with Crippen LogP contribution in [0.4, 0.5) is 13.2 Å². The lowest BCUT2D eigenvalue weighted by atomic mass is 10.0. The van der Waals surface area contributed by atoms with Crippen molar-refractivity contribution in [2.75, 3.05) is 26.8 Å². The number of nitrogens with zero attached hydrogens (tertiary/aromatic N) is 2. The lowest BCUT2D eigenvalue weighted by molar-refractivity contribution is -0.143. The highest BCUT2D eigenvalue weighted by Crippen LogP contribution is 2.35. The Morgan fingerprint density at radius 2 is 1.97 bits per heavy atom. The molecule has 1 aromatic carbocycles. The van der Waals surface area contributed by atoms with E-state index in [1.807, 2.05) is 0 Å². The monoisotopic (exact) mass is 472 g/mol. The van der Waals surface area contributed by atoms with Crippen LogP contribution in [0.15, 0.2) is 41.4 Å². The van der Waals surface area contributed by atoms with Crippen molar-refractivity contribution in [3.05, 3.63) is 47.8 Å². The fourth-order valence-electron chi connectivity index (χ4n) is 3.02. The smallest absolute Gasteiger partial charge is 0.416 e. The summed E-state index contributed by atoms with van der Waals surface area (Å²) in [4.78, 5) is 15.2. The highest BCUT2D eigenvalue weighted by molar-refractivity contribution is 7.89. The van der Waals surface area contributed by atoms with E-state index >= 15 is 0 Å². The molecule has 1 aliphatic rings. The first-order valence-electron chi connectivity index (χ1n) is 9.92. The number of hydrogen-bond donors (Lipinski definition) is 0. The van der Waals surface area contributed by atoms with Gasteiger partial charge in [0.05, 0.1) is 36.2 Å². The molecular formula is C21H23F3N2O5S. The fourth-order valence-corrected chi connectivity index (χ4v) is 4.30. The van der Waals surface area contributed by atoms with Crippen LogP contribution in [0.25, 0.3) is 11.1 Å². The topological polar surface area (TPSA) is 89.1 Å². The van der Waals surface area contributed by atoms with E-state index < -0.39 is 26.7 Å². The second kappa shape index (κ2) is 9.55. The van der Waals surface area contributed by atoms with E-state index in [0.29, 0.717) is 30.4 Å². The van der Waals surface area contributed by atoms with Crippen molar-refractivity contribution in [2.45, 2.75) is 36.9 Å². The van der Waals surface area contributed by atoms with Crippen molar-refractivity contribution in [3.8, 4) is 11.1 Å². The minimum atomic E-state index is -4.73. The van der Waals surface area contributed by atoms with Crippen LogP contribution in [-0.4, -0.2) is 56.6 Å². The Bertz CT molecular complexity index is 1070. The van der Waals surface area contributed by atoms with Gasteiger partial charge in [-0.3, -0.25) is 9.78 Å². The van der Waals surface area contributed by atoms with Gasteiger partial charge in [0, 0.05) is 37.5 Å². The Labute approximate surface area is 184 Å². The van der Waals surface area contributed by atoms with Crippen molar-refractivity contribution >= 4 is 16.0 Å². The average Bonchev–Trinajstić information content (AvgIpc) is 3.56. The van der Waals surface area contributed by atoms with Gasteiger partial charge in [-0.15, -0.1) is 0 Å². The molecule has 174 valence electrons. The molecule has 0 radical (unpaired) electrons. The Balaban J connectivity index is 1.90. The molecule has 0 saturated carbocycles. The molecule has 0 bridgehead atoms. The molecule has 0 spiro atoms. The zero-order valence-electron chi connectivity index (χ0n) is 17.6. The number of esters is 1. The zero-order valence-corrected chi connectivity index (χ0v) is 18.4. The number of aryl methyl sites for hydroxylation is 1. The van der Waals surface area contributed by atoms with Crippen molar-refractivity contribution in [3.63, 3.8) is 0 Å². The third kappa shape index (κ3) is 6.05. The molecule has 0 unspecified atom stereocenters. The van der Waals surface area contributed by atoms with Gasteiger partial charge in [-0.1, -0.05) is 6.07 Å². The Kier molecular flexibility index (Phi) is 7.21. The normalized spacial score (nSPS) is 16.2. The number of pyridine rings is 1. The van der Waals surface area contributed by atoms with E-state index in [1.165, 1.54) is 19.3 Å². The maximum absolute atomic E-state index is 13.5. The first-order valence-corrected chi connectivity index (χ1v) is 11.4. The summed E-state index contributed by atoms with van der Waals surface area (Å²) in [7, 11) is -2.86. The first-order chi connectivity index (χ1) is 15.0. The van der Waals surface area contributed by atoms with Gasteiger partial charge in [0.15, 0.2) is 0 Å². The number of epoxide rings is 1. The van der Waals surface area contributed by atoms with Gasteiger partial charge >= 0.3 is 12.1 Å². The van der Waals surface area contributed by atoms with Crippen LogP contribution in [0.1, 0.15) is 24.6 Å². The molecule has 1 fully saturated rings. The fraction of sp³-hybridized carbons (Fsp3) is 0.429. The summed E-state index contributed by atoms with van der Waals surface area (Å²) in [6.07, 6.45) is -3.18. The van der Waals surface area contributed by atoms with Gasteiger partial charge in [0.25, 0.3) is 0 Å². The summed E-state index contributed by atoms with van der Waals surface area (Å²) in [5, 5.41) is 0. The molecule has 3 rings (SSSR count). The quantitative estimate of drug-likeness (QED) is 0.411. The van der Waals surface area contributed by atoms with E-state index in [4.69, 9.17) is 9.47 Å². The molecule has 0 aliphatic carbocycles. The first kappa shape index (κ1) is 24.1. The van der Waals surface area contributed by atoms with Gasteiger partial charge in [-0.2, -0.15) is 17.5 Å². The third-order valence-electron chi connectivity index (χ3n) is 4.85. The molecule has 2 heterocycles. The second-order valence-electron chi connectivity index (χ2n) is 7.33. The van der Waals surface area contributed by atoms with Crippen LogP contribution in [0.5, 0.6) is 0 Å². The van der Waals surface area contributed by atoms with E-state index in [2.05, 4.69) is 4.98 Å². The number of aromatic nitrogens is 1. The molecule has 1 aromatic heterocycles. The standard InChI is InChI=1S/C21H23F3N2O5S/c1-3-30-20(27)7-6-17-5-4-14(11-25-17)15-8-16(21(22,23)24)10-19(9-15)32(28,29)26(2)12-18-13-31-18/h4-5,8-11,18H,3,6-7,12-13H2,1-2H3/t18-/m0/s1. The number of ether oxygens (including phenoxy) is 2. The molecule has 7 nitrogen and oxygen atoms in total. The molecule has 11 heteroatoms. The van der Waals surface area contributed by atoms with Gasteiger partial charge in [0.1, 0.15) is 0 Å². The molecule has 2 aromatic rings. The Hall–Kier alpha value is -2.50. The average molecular weight is 472 g/mol. The summed E-state index contributed by atoms with van der Waals surface area (Å²) in [5.41, 5.74) is -0.124. The zero-order chi connectivity index (χ0) is 23.5. The number of hydrogen-bond acceptors (Lipinski definition) is 6.